The van der Waals surface area contributed by atoms with Crippen molar-refractivity contribution in [3.63, 3.8) is 0 Å². The highest BCUT2D eigenvalue weighted by Crippen LogP contribution is 2.33. The van der Waals surface area contributed by atoms with E-state index in [1.54, 1.807) is 7.11 Å². The third kappa shape index (κ3) is 5.94. The van der Waals surface area contributed by atoms with Crippen LogP contribution in [-0.2, 0) is 13.3 Å². The SMILES string of the molecule is CCCO[Si](CC)(OC)OC(CC)(CCC)CCC. The smallest absolute Gasteiger partial charge is 0.377 e. The van der Waals surface area contributed by atoms with E-state index in [1.165, 1.54) is 0 Å². The van der Waals surface area contributed by atoms with E-state index < -0.39 is 8.80 Å². The lowest BCUT2D eigenvalue weighted by atomic mass is 9.90. The molecule has 0 aromatic carbocycles. The summed E-state index contributed by atoms with van der Waals surface area (Å²) in [5.41, 5.74) is -0.0600. The zero-order valence-corrected chi connectivity index (χ0v) is 14.9. The van der Waals surface area contributed by atoms with Crippen molar-refractivity contribution in [1.82, 2.24) is 0 Å². The van der Waals surface area contributed by atoms with Crippen molar-refractivity contribution in [3.8, 4) is 0 Å². The van der Waals surface area contributed by atoms with Gasteiger partial charge in [0.2, 0.25) is 0 Å². The molecule has 0 saturated heterocycles. The van der Waals surface area contributed by atoms with Gasteiger partial charge in [0.15, 0.2) is 0 Å². The lowest BCUT2D eigenvalue weighted by molar-refractivity contribution is -0.0385. The van der Waals surface area contributed by atoms with Gasteiger partial charge in [-0.25, -0.2) is 0 Å². The van der Waals surface area contributed by atoms with Gasteiger partial charge in [-0.3, -0.25) is 0 Å². The molecule has 0 radical (unpaired) electrons. The second-order valence-corrected chi connectivity index (χ2v) is 8.20. The average Bonchev–Trinajstić information content (AvgIpc) is 2.44. The van der Waals surface area contributed by atoms with Gasteiger partial charge in [-0.15, -0.1) is 0 Å². The summed E-state index contributed by atoms with van der Waals surface area (Å²) in [6.07, 6.45) is 6.49. The van der Waals surface area contributed by atoms with Gasteiger partial charge in [0.05, 0.1) is 5.60 Å². The van der Waals surface area contributed by atoms with Crippen LogP contribution >= 0.6 is 0 Å². The zero-order chi connectivity index (χ0) is 14.8. The number of rotatable bonds is 12. The van der Waals surface area contributed by atoms with E-state index in [0.717, 1.165) is 51.2 Å². The molecular formula is C15H34O3Si. The van der Waals surface area contributed by atoms with Gasteiger partial charge < -0.3 is 13.3 Å². The third-order valence-electron chi connectivity index (χ3n) is 3.70. The molecule has 0 heterocycles. The van der Waals surface area contributed by atoms with Crippen molar-refractivity contribution in [1.29, 1.82) is 0 Å². The van der Waals surface area contributed by atoms with Crippen molar-refractivity contribution >= 4 is 8.80 Å². The molecule has 0 fully saturated rings. The summed E-state index contributed by atoms with van der Waals surface area (Å²) < 4.78 is 18.3. The van der Waals surface area contributed by atoms with Crippen LogP contribution in [0.3, 0.4) is 0 Å². The summed E-state index contributed by atoms with van der Waals surface area (Å²) in [6.45, 7) is 11.6. The molecule has 0 saturated carbocycles. The van der Waals surface area contributed by atoms with E-state index in [1.807, 2.05) is 0 Å². The summed E-state index contributed by atoms with van der Waals surface area (Å²) >= 11 is 0. The first kappa shape index (κ1) is 19.1. The molecule has 1 unspecified atom stereocenters. The summed E-state index contributed by atoms with van der Waals surface area (Å²) in [4.78, 5) is 0. The zero-order valence-electron chi connectivity index (χ0n) is 13.9. The largest absolute Gasteiger partial charge is 0.500 e. The normalized spacial score (nSPS) is 15.5. The molecule has 0 aromatic rings. The van der Waals surface area contributed by atoms with E-state index in [4.69, 9.17) is 13.3 Å². The molecule has 0 amide bonds. The molecule has 0 N–H and O–H groups in total. The molecular weight excluding hydrogens is 256 g/mol. The second-order valence-electron chi connectivity index (χ2n) is 5.23. The average molecular weight is 291 g/mol. The topological polar surface area (TPSA) is 27.7 Å². The second kappa shape index (κ2) is 9.92. The molecule has 0 aliphatic carbocycles. The fourth-order valence-corrected chi connectivity index (χ4v) is 5.02. The molecule has 1 atom stereocenters. The maximum Gasteiger partial charge on any atom is 0.500 e. The van der Waals surface area contributed by atoms with Gasteiger partial charge in [-0.2, -0.15) is 0 Å². The van der Waals surface area contributed by atoms with Crippen LogP contribution in [0, 0.1) is 0 Å². The van der Waals surface area contributed by atoms with Crippen LogP contribution in [0.4, 0.5) is 0 Å². The molecule has 0 aliphatic heterocycles. The van der Waals surface area contributed by atoms with E-state index in [2.05, 4.69) is 34.6 Å². The third-order valence-corrected chi connectivity index (χ3v) is 6.57. The molecule has 116 valence electrons. The Morgan fingerprint density at radius 1 is 0.895 bits per heavy atom. The Morgan fingerprint density at radius 2 is 1.47 bits per heavy atom. The van der Waals surface area contributed by atoms with Gasteiger partial charge in [0.25, 0.3) is 0 Å². The molecule has 0 aliphatic rings. The number of hydrogen-bond donors (Lipinski definition) is 0. The molecule has 0 aromatic heterocycles. The first-order valence-corrected chi connectivity index (χ1v) is 9.90. The Morgan fingerprint density at radius 3 is 1.79 bits per heavy atom. The Hall–Kier alpha value is 0.0969. The van der Waals surface area contributed by atoms with Crippen molar-refractivity contribution < 1.29 is 13.3 Å². The lowest BCUT2D eigenvalue weighted by Crippen LogP contribution is -2.52. The molecule has 0 rings (SSSR count). The Balaban J connectivity index is 4.99. The quantitative estimate of drug-likeness (QED) is 0.484. The van der Waals surface area contributed by atoms with Gasteiger partial charge in [0.1, 0.15) is 0 Å². The predicted octanol–water partition coefficient (Wildman–Crippen LogP) is 4.78. The van der Waals surface area contributed by atoms with Crippen LogP contribution in [0.25, 0.3) is 0 Å². The lowest BCUT2D eigenvalue weighted by Gasteiger charge is -2.40. The minimum absolute atomic E-state index is 0.0600. The van der Waals surface area contributed by atoms with Gasteiger partial charge >= 0.3 is 8.80 Å². The predicted molar refractivity (Wildman–Crippen MR) is 83.4 cm³/mol. The highest BCUT2D eigenvalue weighted by Gasteiger charge is 2.45. The Bertz CT molecular complexity index is 211. The van der Waals surface area contributed by atoms with E-state index in [-0.39, 0.29) is 5.60 Å². The van der Waals surface area contributed by atoms with Crippen molar-refractivity contribution in [2.75, 3.05) is 13.7 Å². The van der Waals surface area contributed by atoms with Gasteiger partial charge in [-0.1, -0.05) is 47.5 Å². The maximum absolute atomic E-state index is 6.55. The van der Waals surface area contributed by atoms with Crippen molar-refractivity contribution in [2.24, 2.45) is 0 Å². The van der Waals surface area contributed by atoms with E-state index >= 15 is 0 Å². The molecule has 0 spiro atoms. The summed E-state index contributed by atoms with van der Waals surface area (Å²) in [7, 11) is -0.756. The molecule has 19 heavy (non-hydrogen) atoms. The monoisotopic (exact) mass is 290 g/mol. The summed E-state index contributed by atoms with van der Waals surface area (Å²) in [5.74, 6) is 0. The van der Waals surface area contributed by atoms with Crippen molar-refractivity contribution in [2.45, 2.75) is 84.8 Å². The van der Waals surface area contributed by atoms with E-state index in [9.17, 15) is 0 Å². The first-order chi connectivity index (χ1) is 9.07. The highest BCUT2D eigenvalue weighted by molar-refractivity contribution is 6.60. The summed E-state index contributed by atoms with van der Waals surface area (Å²) in [6, 6.07) is 0.846. The van der Waals surface area contributed by atoms with Crippen LogP contribution in [-0.4, -0.2) is 28.1 Å². The van der Waals surface area contributed by atoms with Gasteiger partial charge in [0, 0.05) is 19.8 Å². The molecule has 0 bridgehead atoms. The van der Waals surface area contributed by atoms with Crippen LogP contribution in [0.15, 0.2) is 0 Å². The molecule has 3 nitrogen and oxygen atoms in total. The van der Waals surface area contributed by atoms with Crippen LogP contribution in [0.1, 0.15) is 73.1 Å². The van der Waals surface area contributed by atoms with E-state index in [0.29, 0.717) is 0 Å². The van der Waals surface area contributed by atoms with Crippen LogP contribution < -0.4 is 0 Å². The minimum Gasteiger partial charge on any atom is -0.377 e. The first-order valence-electron chi connectivity index (χ1n) is 7.96. The Labute approximate surface area is 121 Å². The standard InChI is InChI=1S/C15H34O3Si/c1-7-12-15(10-4,13-8-2)18-19(11-5,16-6)17-14-9-3/h7-14H2,1-6H3. The Kier molecular flexibility index (Phi) is 9.97. The summed E-state index contributed by atoms with van der Waals surface area (Å²) in [5, 5.41) is 0. The van der Waals surface area contributed by atoms with Crippen LogP contribution in [0.5, 0.6) is 0 Å². The fourth-order valence-electron chi connectivity index (χ4n) is 2.60. The minimum atomic E-state index is -2.50. The number of hydrogen-bond acceptors (Lipinski definition) is 3. The van der Waals surface area contributed by atoms with Crippen LogP contribution in [0.2, 0.25) is 6.04 Å². The van der Waals surface area contributed by atoms with Crippen molar-refractivity contribution in [3.05, 3.63) is 0 Å². The van der Waals surface area contributed by atoms with Gasteiger partial charge in [-0.05, 0) is 25.7 Å². The fraction of sp³-hybridized carbons (Fsp3) is 1.00. The highest BCUT2D eigenvalue weighted by atomic mass is 28.4. The molecule has 4 heteroatoms. The maximum atomic E-state index is 6.55.